The van der Waals surface area contributed by atoms with Crippen molar-refractivity contribution >= 4 is 34.4 Å². The molecule has 0 spiro atoms. The maximum Gasteiger partial charge on any atom is 0.240 e. The zero-order valence-electron chi connectivity index (χ0n) is 13.5. The van der Waals surface area contributed by atoms with Gasteiger partial charge in [0.15, 0.2) is 5.17 Å². The second-order valence-corrected chi connectivity index (χ2v) is 6.49. The number of hydrogen-bond acceptors (Lipinski definition) is 5. The molecule has 0 radical (unpaired) electrons. The van der Waals surface area contributed by atoms with Gasteiger partial charge in [0.1, 0.15) is 5.25 Å². The van der Waals surface area contributed by atoms with E-state index in [-0.39, 0.29) is 18.2 Å². The first kappa shape index (κ1) is 17.5. The van der Waals surface area contributed by atoms with Crippen LogP contribution in [0.4, 0.5) is 5.69 Å². The van der Waals surface area contributed by atoms with Gasteiger partial charge >= 0.3 is 0 Å². The molecular formula is C16H21N3O3S. The minimum atomic E-state index is -0.444. The molecule has 1 aromatic rings. The average molecular weight is 335 g/mol. The number of aryl methyl sites for hydroxylation is 2. The molecule has 2 amide bonds. The van der Waals surface area contributed by atoms with Gasteiger partial charge in [-0.15, -0.1) is 0 Å². The summed E-state index contributed by atoms with van der Waals surface area (Å²) in [5.74, 6) is -0.351. The lowest BCUT2D eigenvalue weighted by Crippen LogP contribution is -2.28. The first-order valence-electron chi connectivity index (χ1n) is 7.38. The molecule has 1 aliphatic heterocycles. The Morgan fingerprint density at radius 2 is 2.09 bits per heavy atom. The lowest BCUT2D eigenvalue weighted by atomic mass is 10.1. The first-order valence-corrected chi connectivity index (χ1v) is 8.26. The van der Waals surface area contributed by atoms with Gasteiger partial charge in [0.05, 0.1) is 13.2 Å². The highest BCUT2D eigenvalue weighted by molar-refractivity contribution is 8.15. The van der Waals surface area contributed by atoms with E-state index in [9.17, 15) is 9.59 Å². The van der Waals surface area contributed by atoms with Crippen molar-refractivity contribution in [2.24, 2.45) is 4.99 Å². The van der Waals surface area contributed by atoms with E-state index in [1.165, 1.54) is 11.8 Å². The van der Waals surface area contributed by atoms with E-state index in [0.717, 1.165) is 16.8 Å². The number of amides is 2. The number of methoxy groups -OCH3 is 1. The number of thioether (sulfide) groups is 1. The van der Waals surface area contributed by atoms with Gasteiger partial charge < -0.3 is 15.4 Å². The van der Waals surface area contributed by atoms with E-state index in [1.807, 2.05) is 32.0 Å². The lowest BCUT2D eigenvalue weighted by Gasteiger charge is -2.12. The maximum atomic E-state index is 12.2. The summed E-state index contributed by atoms with van der Waals surface area (Å²) in [6.45, 7) is 4.87. The van der Waals surface area contributed by atoms with E-state index < -0.39 is 5.25 Å². The van der Waals surface area contributed by atoms with Crippen LogP contribution in [0.15, 0.2) is 23.2 Å². The quantitative estimate of drug-likeness (QED) is 0.778. The molecule has 2 rings (SSSR count). The topological polar surface area (TPSA) is 79.8 Å². The number of anilines is 1. The van der Waals surface area contributed by atoms with E-state index in [2.05, 4.69) is 15.6 Å². The molecule has 1 aliphatic rings. The summed E-state index contributed by atoms with van der Waals surface area (Å²) in [4.78, 5) is 28.4. The number of aliphatic imine (C=N–C) groups is 1. The number of rotatable bonds is 6. The number of benzene rings is 1. The number of nitrogens with one attached hydrogen (secondary N) is 2. The van der Waals surface area contributed by atoms with Crippen LogP contribution in [0, 0.1) is 13.8 Å². The van der Waals surface area contributed by atoms with Gasteiger partial charge in [-0.1, -0.05) is 30.0 Å². The fourth-order valence-corrected chi connectivity index (χ4v) is 3.22. The monoisotopic (exact) mass is 335 g/mol. The molecule has 0 aliphatic carbocycles. The van der Waals surface area contributed by atoms with Crippen molar-refractivity contribution < 1.29 is 14.3 Å². The predicted molar refractivity (Wildman–Crippen MR) is 92.9 cm³/mol. The van der Waals surface area contributed by atoms with Crippen molar-refractivity contribution in [1.82, 2.24) is 5.32 Å². The summed E-state index contributed by atoms with van der Waals surface area (Å²) >= 11 is 1.29. The van der Waals surface area contributed by atoms with Gasteiger partial charge in [-0.3, -0.25) is 14.6 Å². The average Bonchev–Trinajstić information content (AvgIpc) is 2.83. The van der Waals surface area contributed by atoms with Crippen LogP contribution in [-0.2, 0) is 14.3 Å². The van der Waals surface area contributed by atoms with Crippen LogP contribution in [0.25, 0.3) is 0 Å². The van der Waals surface area contributed by atoms with Crippen LogP contribution in [0.2, 0.25) is 0 Å². The standard InChI is InChI=1S/C16H21N3O3S/c1-10-5-4-6-11(2)14(10)18-13(20)9-12-15(21)19-16(23-12)17-7-8-22-3/h4-6,12H,7-9H2,1-3H3,(H,18,20)(H,17,19,21)/t12-/m1/s1. The Balaban J connectivity index is 1.93. The molecule has 1 atom stereocenters. The van der Waals surface area contributed by atoms with Crippen LogP contribution in [0.1, 0.15) is 17.5 Å². The lowest BCUT2D eigenvalue weighted by molar-refractivity contribution is -0.122. The molecule has 1 saturated heterocycles. The minimum Gasteiger partial charge on any atom is -0.383 e. The van der Waals surface area contributed by atoms with Gasteiger partial charge in [0, 0.05) is 19.2 Å². The van der Waals surface area contributed by atoms with Crippen molar-refractivity contribution in [3.63, 3.8) is 0 Å². The number of para-hydroxylation sites is 1. The van der Waals surface area contributed by atoms with Gasteiger partial charge in [0.25, 0.3) is 0 Å². The van der Waals surface area contributed by atoms with Crippen molar-refractivity contribution in [3.05, 3.63) is 29.3 Å². The number of amidine groups is 1. The molecule has 0 unspecified atom stereocenters. The number of carbonyl (C=O) groups is 2. The SMILES string of the molecule is COCCN=C1NC(=O)[C@@H](CC(=O)Nc2c(C)cccc2C)S1. The normalized spacial score (nSPS) is 19.0. The molecule has 1 heterocycles. The molecule has 0 saturated carbocycles. The van der Waals surface area contributed by atoms with Crippen molar-refractivity contribution in [3.8, 4) is 0 Å². The van der Waals surface area contributed by atoms with Crippen molar-refractivity contribution in [2.45, 2.75) is 25.5 Å². The van der Waals surface area contributed by atoms with Crippen molar-refractivity contribution in [2.75, 3.05) is 25.6 Å². The Labute approximate surface area is 140 Å². The van der Waals surface area contributed by atoms with Gasteiger partial charge in [-0.25, -0.2) is 0 Å². The fourth-order valence-electron chi connectivity index (χ4n) is 2.22. The van der Waals surface area contributed by atoms with Gasteiger partial charge in [-0.2, -0.15) is 0 Å². The second kappa shape index (κ2) is 8.12. The third-order valence-corrected chi connectivity index (χ3v) is 4.56. The highest BCUT2D eigenvalue weighted by Gasteiger charge is 2.32. The Bertz CT molecular complexity index is 611. The highest BCUT2D eigenvalue weighted by atomic mass is 32.2. The molecule has 1 aromatic carbocycles. The summed E-state index contributed by atoms with van der Waals surface area (Å²) in [6.07, 6.45) is 0.119. The number of carbonyl (C=O) groups excluding carboxylic acids is 2. The second-order valence-electron chi connectivity index (χ2n) is 5.29. The molecule has 6 nitrogen and oxygen atoms in total. The molecule has 124 valence electrons. The third-order valence-electron chi connectivity index (χ3n) is 3.44. The van der Waals surface area contributed by atoms with Crippen LogP contribution < -0.4 is 10.6 Å². The number of nitrogens with zero attached hydrogens (tertiary/aromatic N) is 1. The maximum absolute atomic E-state index is 12.2. The van der Waals surface area contributed by atoms with E-state index in [1.54, 1.807) is 7.11 Å². The molecule has 23 heavy (non-hydrogen) atoms. The summed E-state index contributed by atoms with van der Waals surface area (Å²) in [6, 6.07) is 5.84. The first-order chi connectivity index (χ1) is 11.0. The molecule has 0 aromatic heterocycles. The Kier molecular flexibility index (Phi) is 6.18. The summed E-state index contributed by atoms with van der Waals surface area (Å²) in [7, 11) is 1.60. The third kappa shape index (κ3) is 4.80. The van der Waals surface area contributed by atoms with Crippen molar-refractivity contribution in [1.29, 1.82) is 0 Å². The van der Waals surface area contributed by atoms with Crippen LogP contribution in [0.3, 0.4) is 0 Å². The predicted octanol–water partition coefficient (Wildman–Crippen LogP) is 1.87. The minimum absolute atomic E-state index is 0.119. The Morgan fingerprint density at radius 3 is 2.74 bits per heavy atom. The molecule has 2 N–H and O–H groups in total. The fraction of sp³-hybridized carbons (Fsp3) is 0.438. The van der Waals surface area contributed by atoms with Gasteiger partial charge in [0.2, 0.25) is 11.8 Å². The largest absolute Gasteiger partial charge is 0.383 e. The molecule has 7 heteroatoms. The molecule has 1 fully saturated rings. The molecular weight excluding hydrogens is 314 g/mol. The zero-order chi connectivity index (χ0) is 16.8. The Morgan fingerprint density at radius 1 is 1.39 bits per heavy atom. The van der Waals surface area contributed by atoms with Crippen LogP contribution in [-0.4, -0.2) is 42.5 Å². The summed E-state index contributed by atoms with van der Waals surface area (Å²) in [5, 5.41) is 5.70. The summed E-state index contributed by atoms with van der Waals surface area (Å²) < 4.78 is 4.92. The molecule has 0 bridgehead atoms. The Hall–Kier alpha value is -1.86. The number of hydrogen-bond donors (Lipinski definition) is 2. The van der Waals surface area contributed by atoms with Crippen LogP contribution >= 0.6 is 11.8 Å². The van der Waals surface area contributed by atoms with E-state index in [0.29, 0.717) is 18.3 Å². The van der Waals surface area contributed by atoms with E-state index >= 15 is 0 Å². The zero-order valence-corrected chi connectivity index (χ0v) is 14.3. The highest BCUT2D eigenvalue weighted by Crippen LogP contribution is 2.24. The number of ether oxygens (including phenoxy) is 1. The summed E-state index contributed by atoms with van der Waals surface area (Å²) in [5.41, 5.74) is 2.82. The van der Waals surface area contributed by atoms with Gasteiger partial charge in [-0.05, 0) is 25.0 Å². The van der Waals surface area contributed by atoms with Crippen LogP contribution in [0.5, 0.6) is 0 Å². The smallest absolute Gasteiger partial charge is 0.240 e. The van der Waals surface area contributed by atoms with E-state index in [4.69, 9.17) is 4.74 Å².